The minimum absolute atomic E-state index is 0.0684. The van der Waals surface area contributed by atoms with Crippen LogP contribution in [-0.4, -0.2) is 32.8 Å². The first-order valence-corrected chi connectivity index (χ1v) is 13.0. The number of sulfonamides is 1. The summed E-state index contributed by atoms with van der Waals surface area (Å²) >= 11 is 0. The maximum atomic E-state index is 13.3. The van der Waals surface area contributed by atoms with Gasteiger partial charge in [-0.1, -0.05) is 36.4 Å². The number of hydrogen-bond donors (Lipinski definition) is 2. The van der Waals surface area contributed by atoms with Crippen LogP contribution < -0.4 is 14.9 Å². The number of anilines is 2. The van der Waals surface area contributed by atoms with Crippen LogP contribution in [0.3, 0.4) is 0 Å². The fourth-order valence-electron chi connectivity index (χ4n) is 4.44. The number of aryl methyl sites for hydroxylation is 2. The molecule has 1 unspecified atom stereocenters. The Hall–Kier alpha value is -3.49. The average Bonchev–Trinajstić information content (AvgIpc) is 3.22. The van der Waals surface area contributed by atoms with Gasteiger partial charge in [0, 0.05) is 24.8 Å². The molecule has 2 amide bonds. The SMILES string of the molecule is CC(=O)N1CCc2cc(S(=O)(=O)NC(Cc3ccccc3)C(=O)Nc3cc(C)cc(C)c3)ccc21. The van der Waals surface area contributed by atoms with Gasteiger partial charge in [0.25, 0.3) is 0 Å². The van der Waals surface area contributed by atoms with Gasteiger partial charge in [-0.3, -0.25) is 9.59 Å². The molecule has 3 aromatic rings. The summed E-state index contributed by atoms with van der Waals surface area (Å²) < 4.78 is 29.3. The Morgan fingerprint density at radius 2 is 1.66 bits per heavy atom. The number of benzene rings is 3. The Balaban J connectivity index is 1.61. The maximum Gasteiger partial charge on any atom is 0.242 e. The fourth-order valence-corrected chi connectivity index (χ4v) is 5.69. The molecule has 3 aromatic carbocycles. The van der Waals surface area contributed by atoms with E-state index in [9.17, 15) is 18.0 Å². The molecule has 4 rings (SSSR count). The molecule has 0 aliphatic carbocycles. The Labute approximate surface area is 206 Å². The van der Waals surface area contributed by atoms with E-state index in [0.717, 1.165) is 27.9 Å². The predicted molar refractivity (Wildman–Crippen MR) is 137 cm³/mol. The molecule has 1 atom stereocenters. The minimum atomic E-state index is -4.01. The summed E-state index contributed by atoms with van der Waals surface area (Å²) in [6, 6.07) is 18.7. The van der Waals surface area contributed by atoms with Gasteiger partial charge in [0.1, 0.15) is 6.04 Å². The summed E-state index contributed by atoms with van der Waals surface area (Å²) in [4.78, 5) is 26.8. The van der Waals surface area contributed by atoms with Crippen molar-refractivity contribution in [3.63, 3.8) is 0 Å². The summed E-state index contributed by atoms with van der Waals surface area (Å²) in [5.74, 6) is -0.519. The van der Waals surface area contributed by atoms with Crippen LogP contribution in [0, 0.1) is 13.8 Å². The van der Waals surface area contributed by atoms with Crippen molar-refractivity contribution in [2.75, 3.05) is 16.8 Å². The highest BCUT2D eigenvalue weighted by Crippen LogP contribution is 2.30. The van der Waals surface area contributed by atoms with Crippen molar-refractivity contribution in [3.05, 3.63) is 89.0 Å². The van der Waals surface area contributed by atoms with E-state index in [1.165, 1.54) is 13.0 Å². The number of carbonyl (C=O) groups excluding carboxylic acids is 2. The van der Waals surface area contributed by atoms with Crippen LogP contribution in [0.25, 0.3) is 0 Å². The zero-order valence-electron chi connectivity index (χ0n) is 20.0. The van der Waals surface area contributed by atoms with E-state index < -0.39 is 22.0 Å². The van der Waals surface area contributed by atoms with Crippen LogP contribution in [-0.2, 0) is 32.5 Å². The molecule has 1 aliphatic rings. The second-order valence-electron chi connectivity index (χ2n) is 8.94. The number of carbonyl (C=O) groups is 2. The van der Waals surface area contributed by atoms with Gasteiger partial charge in [-0.15, -0.1) is 0 Å². The molecular weight excluding hydrogens is 462 g/mol. The van der Waals surface area contributed by atoms with E-state index in [1.54, 1.807) is 17.0 Å². The van der Waals surface area contributed by atoms with Crippen LogP contribution >= 0.6 is 0 Å². The Morgan fingerprint density at radius 3 is 2.31 bits per heavy atom. The second-order valence-corrected chi connectivity index (χ2v) is 10.7. The van der Waals surface area contributed by atoms with Crippen molar-refractivity contribution in [1.82, 2.24) is 4.72 Å². The molecule has 0 fully saturated rings. The van der Waals surface area contributed by atoms with Crippen molar-refractivity contribution in [2.24, 2.45) is 0 Å². The third-order valence-electron chi connectivity index (χ3n) is 6.02. The van der Waals surface area contributed by atoms with Crippen LogP contribution in [0.2, 0.25) is 0 Å². The second kappa shape index (κ2) is 10.0. The summed E-state index contributed by atoms with van der Waals surface area (Å²) in [5, 5.41) is 2.87. The van der Waals surface area contributed by atoms with E-state index >= 15 is 0 Å². The highest BCUT2D eigenvalue weighted by molar-refractivity contribution is 7.89. The van der Waals surface area contributed by atoms with E-state index in [2.05, 4.69) is 10.0 Å². The lowest BCUT2D eigenvalue weighted by molar-refractivity contribution is -0.118. The first-order chi connectivity index (χ1) is 16.6. The molecule has 0 saturated carbocycles. The molecule has 7 nitrogen and oxygen atoms in total. The highest BCUT2D eigenvalue weighted by atomic mass is 32.2. The van der Waals surface area contributed by atoms with E-state index in [-0.39, 0.29) is 17.2 Å². The van der Waals surface area contributed by atoms with Crippen LogP contribution in [0.1, 0.15) is 29.2 Å². The zero-order valence-corrected chi connectivity index (χ0v) is 20.9. The van der Waals surface area contributed by atoms with Crippen LogP contribution in [0.15, 0.2) is 71.6 Å². The molecule has 0 radical (unpaired) electrons. The largest absolute Gasteiger partial charge is 0.325 e. The lowest BCUT2D eigenvalue weighted by Crippen LogP contribution is -2.45. The topological polar surface area (TPSA) is 95.6 Å². The maximum absolute atomic E-state index is 13.3. The Morgan fingerprint density at radius 1 is 0.971 bits per heavy atom. The van der Waals surface area contributed by atoms with Gasteiger partial charge in [0.05, 0.1) is 4.90 Å². The molecule has 1 aliphatic heterocycles. The number of hydrogen-bond acceptors (Lipinski definition) is 4. The monoisotopic (exact) mass is 491 g/mol. The molecular formula is C27H29N3O4S. The zero-order chi connectivity index (χ0) is 25.2. The van der Waals surface area contributed by atoms with Crippen LogP contribution in [0.5, 0.6) is 0 Å². The predicted octanol–water partition coefficient (Wildman–Crippen LogP) is 3.74. The molecule has 0 aromatic heterocycles. The third kappa shape index (κ3) is 5.78. The standard InChI is InChI=1S/C27H29N3O4S/c1-18-13-19(2)15-23(14-18)28-27(32)25(16-21-7-5-4-6-8-21)29-35(33,34)24-9-10-26-22(17-24)11-12-30(26)20(3)31/h4-10,13-15,17,25,29H,11-12,16H2,1-3H3,(H,28,32). The number of nitrogens with one attached hydrogen (secondary N) is 2. The molecule has 1 heterocycles. The van der Waals surface area contributed by atoms with Gasteiger partial charge in [-0.25, -0.2) is 8.42 Å². The number of rotatable bonds is 7. The average molecular weight is 492 g/mol. The molecule has 0 bridgehead atoms. The van der Waals surface area contributed by atoms with Gasteiger partial charge in [-0.05, 0) is 79.3 Å². The smallest absolute Gasteiger partial charge is 0.242 e. The van der Waals surface area contributed by atoms with Crippen molar-refractivity contribution < 1.29 is 18.0 Å². The number of fused-ring (bicyclic) bond motifs is 1. The molecule has 35 heavy (non-hydrogen) atoms. The highest BCUT2D eigenvalue weighted by Gasteiger charge is 2.29. The summed E-state index contributed by atoms with van der Waals surface area (Å²) in [6.07, 6.45) is 0.776. The quantitative estimate of drug-likeness (QED) is 0.526. The normalized spacial score (nSPS) is 13.9. The van der Waals surface area contributed by atoms with Crippen LogP contribution in [0.4, 0.5) is 11.4 Å². The fraction of sp³-hybridized carbons (Fsp3) is 0.259. The molecule has 182 valence electrons. The van der Waals surface area contributed by atoms with Crippen molar-refractivity contribution in [1.29, 1.82) is 0 Å². The molecule has 0 saturated heterocycles. The van der Waals surface area contributed by atoms with Gasteiger partial charge in [0.15, 0.2) is 0 Å². The summed E-state index contributed by atoms with van der Waals surface area (Å²) in [7, 11) is -4.01. The van der Waals surface area contributed by atoms with Gasteiger partial charge >= 0.3 is 0 Å². The van der Waals surface area contributed by atoms with Crippen molar-refractivity contribution in [3.8, 4) is 0 Å². The number of amides is 2. The minimum Gasteiger partial charge on any atom is -0.325 e. The van der Waals surface area contributed by atoms with Gasteiger partial charge in [0.2, 0.25) is 21.8 Å². The van der Waals surface area contributed by atoms with E-state index in [4.69, 9.17) is 0 Å². The lowest BCUT2D eigenvalue weighted by atomic mass is 10.1. The molecule has 0 spiro atoms. The third-order valence-corrected chi connectivity index (χ3v) is 7.49. The van der Waals surface area contributed by atoms with E-state index in [0.29, 0.717) is 18.7 Å². The van der Waals surface area contributed by atoms with Gasteiger partial charge < -0.3 is 10.2 Å². The van der Waals surface area contributed by atoms with E-state index in [1.807, 2.05) is 62.4 Å². The first kappa shape index (κ1) is 24.6. The first-order valence-electron chi connectivity index (χ1n) is 11.5. The van der Waals surface area contributed by atoms with Crippen molar-refractivity contribution in [2.45, 2.75) is 44.6 Å². The lowest BCUT2D eigenvalue weighted by Gasteiger charge is -2.20. The molecule has 2 N–H and O–H groups in total. The molecule has 8 heteroatoms. The summed E-state index contributed by atoms with van der Waals surface area (Å²) in [5.41, 5.74) is 4.97. The number of nitrogens with zero attached hydrogens (tertiary/aromatic N) is 1. The Bertz CT molecular complexity index is 1350. The summed E-state index contributed by atoms with van der Waals surface area (Å²) in [6.45, 7) is 5.89. The van der Waals surface area contributed by atoms with Gasteiger partial charge in [-0.2, -0.15) is 4.72 Å². The van der Waals surface area contributed by atoms with Crippen molar-refractivity contribution >= 4 is 33.2 Å². The Kier molecular flexibility index (Phi) is 7.05.